The second-order valence-corrected chi connectivity index (χ2v) is 6.95. The van der Waals surface area contributed by atoms with E-state index in [1.54, 1.807) is 0 Å². The highest BCUT2D eigenvalue weighted by molar-refractivity contribution is 5.69. The Bertz CT molecular complexity index is 582. The fourth-order valence-electron chi connectivity index (χ4n) is 2.75. The molecule has 0 bridgehead atoms. The van der Waals surface area contributed by atoms with Crippen molar-refractivity contribution < 1.29 is 38.9 Å². The smallest absolute Gasteiger partial charge is 0.492 e. The van der Waals surface area contributed by atoms with Gasteiger partial charge < -0.3 is 24.4 Å². The van der Waals surface area contributed by atoms with E-state index in [9.17, 15) is 19.8 Å². The lowest BCUT2D eigenvalue weighted by molar-refractivity contribution is -0.145. The highest BCUT2D eigenvalue weighted by Crippen LogP contribution is 2.18. The summed E-state index contributed by atoms with van der Waals surface area (Å²) < 4.78 is 15.5. The number of carbonyl (C=O) groups is 2. The largest absolute Gasteiger partial charge is 0.534 e. The predicted octanol–water partition coefficient (Wildman–Crippen LogP) is 3.95. The van der Waals surface area contributed by atoms with Gasteiger partial charge in [0.15, 0.2) is 0 Å². The fraction of sp³-hybridized carbons (Fsp3) is 0.714. The van der Waals surface area contributed by atoms with Crippen molar-refractivity contribution in [2.45, 2.75) is 71.1 Å². The van der Waals surface area contributed by atoms with Crippen LogP contribution in [0, 0.1) is 0 Å². The summed E-state index contributed by atoms with van der Waals surface area (Å²) in [7, 11) is 0. The Hall–Kier alpha value is -2.42. The van der Waals surface area contributed by atoms with E-state index in [1.165, 1.54) is 38.5 Å². The van der Waals surface area contributed by atoms with E-state index in [0.717, 1.165) is 31.4 Å². The van der Waals surface area contributed by atoms with Crippen LogP contribution in [0.4, 0.5) is 4.79 Å². The molecule has 2 N–H and O–H groups in total. The van der Waals surface area contributed by atoms with Gasteiger partial charge in [-0.1, -0.05) is 58.3 Å². The lowest BCUT2D eigenvalue weighted by atomic mass is 10.1. The minimum absolute atomic E-state index is 0.0893. The molecule has 1 heterocycles. The zero-order chi connectivity index (χ0) is 22.0. The number of hydrogen-bond acceptors (Lipinski definition) is 8. The first-order valence-corrected chi connectivity index (χ1v) is 10.7. The highest BCUT2D eigenvalue weighted by atomic mass is 16.8. The molecule has 0 aromatic carbocycles. The van der Waals surface area contributed by atoms with Crippen LogP contribution in [0.2, 0.25) is 0 Å². The first-order valence-electron chi connectivity index (χ1n) is 10.7. The van der Waals surface area contributed by atoms with Crippen molar-refractivity contribution >= 4 is 12.1 Å². The highest BCUT2D eigenvalue weighted by Gasteiger charge is 2.13. The standard InChI is InChI=1S/C21H35NO8/c1-2-3-4-5-6-7-8-9-10-11-20(25)28-16-14-27-15-17-29-21(26)30-22-18(23)12-13-19(22)24/h12-13,23-24H,2-11,14-17H2,1H3. The quantitative estimate of drug-likeness (QED) is 0.282. The molecule has 172 valence electrons. The van der Waals surface area contributed by atoms with Crippen LogP contribution < -0.4 is 4.84 Å². The number of aromatic hydroxyl groups is 2. The van der Waals surface area contributed by atoms with Gasteiger partial charge in [-0.15, -0.1) is 4.73 Å². The van der Waals surface area contributed by atoms with Gasteiger partial charge in [0.25, 0.3) is 0 Å². The number of nitrogens with zero attached hydrogens (tertiary/aromatic N) is 1. The van der Waals surface area contributed by atoms with E-state index < -0.39 is 17.9 Å². The zero-order valence-corrected chi connectivity index (χ0v) is 17.8. The molecule has 9 nitrogen and oxygen atoms in total. The van der Waals surface area contributed by atoms with Crippen LogP contribution in [0.1, 0.15) is 71.1 Å². The SMILES string of the molecule is CCCCCCCCCCCC(=O)OCCOCCOC(=O)On1c(O)ccc1O. The second kappa shape index (κ2) is 16.4. The number of carbonyl (C=O) groups excluding carboxylic acids is 2. The molecule has 0 aliphatic rings. The Kier molecular flexibility index (Phi) is 14.0. The molecule has 1 rings (SSSR count). The predicted molar refractivity (Wildman–Crippen MR) is 109 cm³/mol. The molecular weight excluding hydrogens is 394 g/mol. The molecule has 0 amide bonds. The van der Waals surface area contributed by atoms with Gasteiger partial charge in [-0.3, -0.25) is 9.63 Å². The maximum atomic E-state index is 11.6. The van der Waals surface area contributed by atoms with Gasteiger partial charge >= 0.3 is 12.1 Å². The molecule has 0 saturated heterocycles. The van der Waals surface area contributed by atoms with Gasteiger partial charge in [0.1, 0.15) is 13.2 Å². The van der Waals surface area contributed by atoms with Gasteiger partial charge in [-0.05, 0) is 6.42 Å². The van der Waals surface area contributed by atoms with E-state index >= 15 is 0 Å². The van der Waals surface area contributed by atoms with Crippen molar-refractivity contribution in [1.29, 1.82) is 0 Å². The van der Waals surface area contributed by atoms with E-state index in [1.807, 2.05) is 0 Å². The average molecular weight is 430 g/mol. The maximum Gasteiger partial charge on any atom is 0.534 e. The Balaban J connectivity index is 1.88. The number of aromatic nitrogens is 1. The van der Waals surface area contributed by atoms with Crippen LogP contribution >= 0.6 is 0 Å². The number of esters is 1. The minimum atomic E-state index is -1.10. The summed E-state index contributed by atoms with van der Waals surface area (Å²) in [4.78, 5) is 27.6. The Morgan fingerprint density at radius 1 is 0.800 bits per heavy atom. The molecule has 0 radical (unpaired) electrons. The van der Waals surface area contributed by atoms with E-state index in [2.05, 4.69) is 11.8 Å². The van der Waals surface area contributed by atoms with Gasteiger partial charge in [0, 0.05) is 18.6 Å². The number of rotatable bonds is 17. The molecule has 1 aromatic heterocycles. The molecule has 0 aliphatic heterocycles. The molecule has 1 aromatic rings. The maximum absolute atomic E-state index is 11.6. The summed E-state index contributed by atoms with van der Waals surface area (Å²) in [6.07, 6.45) is 10.1. The average Bonchev–Trinajstić information content (AvgIpc) is 3.03. The number of hydrogen-bond donors (Lipinski definition) is 2. The summed E-state index contributed by atoms with van der Waals surface area (Å²) >= 11 is 0. The summed E-state index contributed by atoms with van der Waals surface area (Å²) in [5, 5.41) is 18.7. The first kappa shape index (κ1) is 25.6. The van der Waals surface area contributed by atoms with Crippen molar-refractivity contribution in [3.63, 3.8) is 0 Å². The molecule has 30 heavy (non-hydrogen) atoms. The van der Waals surface area contributed by atoms with Gasteiger partial charge in [-0.2, -0.15) is 0 Å². The van der Waals surface area contributed by atoms with E-state index in [-0.39, 0.29) is 32.4 Å². The van der Waals surface area contributed by atoms with Gasteiger partial charge in [0.2, 0.25) is 11.8 Å². The van der Waals surface area contributed by atoms with Crippen molar-refractivity contribution in [2.75, 3.05) is 26.4 Å². The normalized spacial score (nSPS) is 10.7. The number of ether oxygens (including phenoxy) is 3. The van der Waals surface area contributed by atoms with Crippen LogP contribution in [0.3, 0.4) is 0 Å². The minimum Gasteiger partial charge on any atom is -0.492 e. The summed E-state index contributed by atoms with van der Waals surface area (Å²) in [6, 6.07) is 2.31. The fourth-order valence-corrected chi connectivity index (χ4v) is 2.75. The van der Waals surface area contributed by atoms with Crippen molar-refractivity contribution in [1.82, 2.24) is 4.73 Å². The zero-order valence-electron chi connectivity index (χ0n) is 17.8. The number of unbranched alkanes of at least 4 members (excludes halogenated alkanes) is 8. The molecular formula is C21H35NO8. The Morgan fingerprint density at radius 3 is 1.93 bits per heavy atom. The lowest BCUT2D eigenvalue weighted by Crippen LogP contribution is -2.22. The van der Waals surface area contributed by atoms with Gasteiger partial charge in [0.05, 0.1) is 13.2 Å². The molecule has 0 aliphatic carbocycles. The molecule has 0 atom stereocenters. The van der Waals surface area contributed by atoms with Crippen LogP contribution in [0.15, 0.2) is 12.1 Å². The molecule has 9 heteroatoms. The summed E-state index contributed by atoms with van der Waals surface area (Å²) in [6.45, 7) is 2.56. The Labute approximate surface area is 177 Å². The van der Waals surface area contributed by atoms with E-state index in [4.69, 9.17) is 14.2 Å². The monoisotopic (exact) mass is 429 g/mol. The van der Waals surface area contributed by atoms with Gasteiger partial charge in [-0.25, -0.2) is 4.79 Å². The van der Waals surface area contributed by atoms with Crippen LogP contribution in [-0.4, -0.2) is 53.5 Å². The second-order valence-electron chi connectivity index (χ2n) is 6.95. The lowest BCUT2D eigenvalue weighted by Gasteiger charge is -2.08. The van der Waals surface area contributed by atoms with Crippen LogP contribution in [-0.2, 0) is 19.0 Å². The summed E-state index contributed by atoms with van der Waals surface area (Å²) in [5.41, 5.74) is 0. The van der Waals surface area contributed by atoms with Crippen LogP contribution in [0.5, 0.6) is 11.8 Å². The van der Waals surface area contributed by atoms with Crippen molar-refractivity contribution in [3.8, 4) is 11.8 Å². The third-order valence-corrected chi connectivity index (χ3v) is 4.39. The molecule has 0 spiro atoms. The third-order valence-electron chi connectivity index (χ3n) is 4.39. The Morgan fingerprint density at radius 2 is 1.33 bits per heavy atom. The molecule has 0 saturated carbocycles. The topological polar surface area (TPSA) is 116 Å². The first-order chi connectivity index (χ1) is 14.5. The van der Waals surface area contributed by atoms with Crippen molar-refractivity contribution in [2.24, 2.45) is 0 Å². The van der Waals surface area contributed by atoms with E-state index in [0.29, 0.717) is 11.2 Å². The summed E-state index contributed by atoms with van der Waals surface area (Å²) in [5.74, 6) is -1.11. The molecule has 0 fully saturated rings. The van der Waals surface area contributed by atoms with Crippen molar-refractivity contribution in [3.05, 3.63) is 12.1 Å². The van der Waals surface area contributed by atoms with Crippen LogP contribution in [0.25, 0.3) is 0 Å². The third kappa shape index (κ3) is 12.2. The molecule has 0 unspecified atom stereocenters.